The lowest BCUT2D eigenvalue weighted by molar-refractivity contribution is 0.291. The predicted octanol–water partition coefficient (Wildman–Crippen LogP) is 2.30. The molecule has 0 saturated heterocycles. The van der Waals surface area contributed by atoms with Crippen LogP contribution in [0.4, 0.5) is 5.82 Å². The quantitative estimate of drug-likeness (QED) is 0.878. The Bertz CT molecular complexity index is 486. The normalized spacial score (nSPS) is 11.1. The van der Waals surface area contributed by atoms with E-state index in [1.807, 2.05) is 36.4 Å². The molecule has 2 N–H and O–H groups in total. The van der Waals surface area contributed by atoms with E-state index in [1.165, 1.54) is 0 Å². The number of nitrogen functional groups attached to an aromatic ring is 1. The van der Waals surface area contributed by atoms with Crippen LogP contribution in [-0.2, 0) is 6.54 Å². The molecule has 0 atom stereocenters. The number of para-hydroxylation sites is 1. The van der Waals surface area contributed by atoms with Crippen LogP contribution in [-0.4, -0.2) is 27.8 Å². The van der Waals surface area contributed by atoms with Gasteiger partial charge in [0.1, 0.15) is 5.82 Å². The van der Waals surface area contributed by atoms with Gasteiger partial charge in [-0.2, -0.15) is 5.10 Å². The fourth-order valence-corrected chi connectivity index (χ4v) is 1.98. The van der Waals surface area contributed by atoms with Crippen molar-refractivity contribution >= 4 is 5.82 Å². The molecule has 0 aliphatic heterocycles. The van der Waals surface area contributed by atoms with Crippen molar-refractivity contribution in [3.63, 3.8) is 0 Å². The van der Waals surface area contributed by atoms with Gasteiger partial charge in [-0.3, -0.25) is 4.90 Å². The van der Waals surface area contributed by atoms with Crippen molar-refractivity contribution in [3.05, 3.63) is 42.1 Å². The standard InChI is InChI=1S/C14H20N4/c1-3-17(4-2)11-12-10-14(15)18(16-12)13-8-6-5-7-9-13/h5-10H,3-4,11,15H2,1-2H3. The van der Waals surface area contributed by atoms with Crippen molar-refractivity contribution in [2.45, 2.75) is 20.4 Å². The largest absolute Gasteiger partial charge is 0.384 e. The van der Waals surface area contributed by atoms with Gasteiger partial charge >= 0.3 is 0 Å². The van der Waals surface area contributed by atoms with Crippen LogP contribution >= 0.6 is 0 Å². The number of hydrogen-bond acceptors (Lipinski definition) is 3. The van der Waals surface area contributed by atoms with Gasteiger partial charge in [0.25, 0.3) is 0 Å². The Morgan fingerprint density at radius 1 is 1.17 bits per heavy atom. The SMILES string of the molecule is CCN(CC)Cc1cc(N)n(-c2ccccc2)n1. The zero-order chi connectivity index (χ0) is 13.0. The van der Waals surface area contributed by atoms with Crippen LogP contribution in [0.3, 0.4) is 0 Å². The molecule has 0 radical (unpaired) electrons. The van der Waals surface area contributed by atoms with Gasteiger partial charge in [0, 0.05) is 12.6 Å². The first-order valence-electron chi connectivity index (χ1n) is 6.36. The average molecular weight is 244 g/mol. The van der Waals surface area contributed by atoms with Gasteiger partial charge in [0.05, 0.1) is 11.4 Å². The lowest BCUT2D eigenvalue weighted by atomic mass is 10.3. The van der Waals surface area contributed by atoms with Crippen LogP contribution in [0.25, 0.3) is 5.69 Å². The highest BCUT2D eigenvalue weighted by atomic mass is 15.3. The van der Waals surface area contributed by atoms with E-state index in [4.69, 9.17) is 5.73 Å². The molecule has 0 unspecified atom stereocenters. The Kier molecular flexibility index (Phi) is 3.99. The maximum atomic E-state index is 6.01. The van der Waals surface area contributed by atoms with Crippen LogP contribution < -0.4 is 5.73 Å². The van der Waals surface area contributed by atoms with Crippen molar-refractivity contribution in [2.24, 2.45) is 0 Å². The molecular weight excluding hydrogens is 224 g/mol. The number of hydrogen-bond donors (Lipinski definition) is 1. The lowest BCUT2D eigenvalue weighted by Gasteiger charge is -2.15. The van der Waals surface area contributed by atoms with E-state index < -0.39 is 0 Å². The summed E-state index contributed by atoms with van der Waals surface area (Å²) in [5.74, 6) is 0.684. The smallest absolute Gasteiger partial charge is 0.127 e. The number of aromatic nitrogens is 2. The molecule has 4 heteroatoms. The molecule has 0 amide bonds. The highest BCUT2D eigenvalue weighted by Crippen LogP contribution is 2.15. The molecule has 2 aromatic rings. The summed E-state index contributed by atoms with van der Waals surface area (Å²) < 4.78 is 1.79. The first-order valence-corrected chi connectivity index (χ1v) is 6.36. The van der Waals surface area contributed by atoms with Gasteiger partial charge in [-0.15, -0.1) is 0 Å². The average Bonchev–Trinajstić information content (AvgIpc) is 2.78. The number of nitrogens with zero attached hydrogens (tertiary/aromatic N) is 3. The predicted molar refractivity (Wildman–Crippen MR) is 74.6 cm³/mol. The second-order valence-electron chi connectivity index (χ2n) is 4.27. The number of rotatable bonds is 5. The van der Waals surface area contributed by atoms with Crippen LogP contribution in [0.5, 0.6) is 0 Å². The van der Waals surface area contributed by atoms with Gasteiger partial charge in [-0.1, -0.05) is 32.0 Å². The fraction of sp³-hybridized carbons (Fsp3) is 0.357. The third-order valence-electron chi connectivity index (χ3n) is 3.07. The first kappa shape index (κ1) is 12.6. The zero-order valence-corrected chi connectivity index (χ0v) is 11.0. The van der Waals surface area contributed by atoms with E-state index in [0.717, 1.165) is 31.0 Å². The molecule has 0 fully saturated rings. The van der Waals surface area contributed by atoms with E-state index in [0.29, 0.717) is 5.82 Å². The van der Waals surface area contributed by atoms with Crippen LogP contribution in [0.1, 0.15) is 19.5 Å². The van der Waals surface area contributed by atoms with Crippen LogP contribution in [0.15, 0.2) is 36.4 Å². The van der Waals surface area contributed by atoms with Crippen LogP contribution in [0, 0.1) is 0 Å². The summed E-state index contributed by atoms with van der Waals surface area (Å²) in [4.78, 5) is 2.32. The van der Waals surface area contributed by atoms with E-state index >= 15 is 0 Å². The highest BCUT2D eigenvalue weighted by molar-refractivity contribution is 5.42. The fourth-order valence-electron chi connectivity index (χ4n) is 1.98. The Balaban J connectivity index is 2.22. The minimum atomic E-state index is 0.684. The molecule has 0 aliphatic rings. The van der Waals surface area contributed by atoms with Crippen molar-refractivity contribution in [1.82, 2.24) is 14.7 Å². The Labute approximate surface area is 108 Å². The molecule has 0 bridgehead atoms. The summed E-state index contributed by atoms with van der Waals surface area (Å²) in [6.45, 7) is 7.20. The lowest BCUT2D eigenvalue weighted by Crippen LogP contribution is -2.22. The van der Waals surface area contributed by atoms with Crippen molar-refractivity contribution < 1.29 is 0 Å². The van der Waals surface area contributed by atoms with Gasteiger partial charge in [0.2, 0.25) is 0 Å². The van der Waals surface area contributed by atoms with Gasteiger partial charge < -0.3 is 5.73 Å². The minimum Gasteiger partial charge on any atom is -0.384 e. The van der Waals surface area contributed by atoms with E-state index in [2.05, 4.69) is 23.8 Å². The molecule has 96 valence electrons. The Morgan fingerprint density at radius 3 is 2.44 bits per heavy atom. The monoisotopic (exact) mass is 244 g/mol. The molecule has 1 aromatic carbocycles. The minimum absolute atomic E-state index is 0.684. The number of benzene rings is 1. The summed E-state index contributed by atoms with van der Waals surface area (Å²) >= 11 is 0. The van der Waals surface area contributed by atoms with E-state index in [1.54, 1.807) is 4.68 Å². The molecular formula is C14H20N4. The molecule has 0 aliphatic carbocycles. The Morgan fingerprint density at radius 2 is 1.83 bits per heavy atom. The second-order valence-corrected chi connectivity index (χ2v) is 4.27. The second kappa shape index (κ2) is 5.69. The number of anilines is 1. The summed E-state index contributed by atoms with van der Waals surface area (Å²) in [7, 11) is 0. The maximum Gasteiger partial charge on any atom is 0.127 e. The third kappa shape index (κ3) is 2.71. The van der Waals surface area contributed by atoms with Crippen molar-refractivity contribution in [3.8, 4) is 5.69 Å². The number of nitrogens with two attached hydrogens (primary N) is 1. The maximum absolute atomic E-state index is 6.01. The Hall–Kier alpha value is -1.81. The van der Waals surface area contributed by atoms with E-state index in [9.17, 15) is 0 Å². The van der Waals surface area contributed by atoms with Gasteiger partial charge in [0.15, 0.2) is 0 Å². The summed E-state index contributed by atoms with van der Waals surface area (Å²) in [6, 6.07) is 11.9. The third-order valence-corrected chi connectivity index (χ3v) is 3.07. The topological polar surface area (TPSA) is 47.1 Å². The summed E-state index contributed by atoms with van der Waals surface area (Å²) in [5.41, 5.74) is 8.03. The zero-order valence-electron chi connectivity index (χ0n) is 11.0. The first-order chi connectivity index (χ1) is 8.74. The highest BCUT2D eigenvalue weighted by Gasteiger charge is 2.09. The van der Waals surface area contributed by atoms with E-state index in [-0.39, 0.29) is 0 Å². The molecule has 1 aromatic heterocycles. The molecule has 0 spiro atoms. The summed E-state index contributed by atoms with van der Waals surface area (Å²) in [5, 5.41) is 4.57. The molecule has 1 heterocycles. The van der Waals surface area contributed by atoms with Gasteiger partial charge in [-0.25, -0.2) is 4.68 Å². The van der Waals surface area contributed by atoms with Crippen molar-refractivity contribution in [2.75, 3.05) is 18.8 Å². The summed E-state index contributed by atoms with van der Waals surface area (Å²) in [6.07, 6.45) is 0. The van der Waals surface area contributed by atoms with Gasteiger partial charge in [-0.05, 0) is 25.2 Å². The van der Waals surface area contributed by atoms with Crippen LogP contribution in [0.2, 0.25) is 0 Å². The molecule has 18 heavy (non-hydrogen) atoms. The van der Waals surface area contributed by atoms with Crippen molar-refractivity contribution in [1.29, 1.82) is 0 Å². The molecule has 4 nitrogen and oxygen atoms in total. The molecule has 0 saturated carbocycles. The molecule has 2 rings (SSSR count).